The smallest absolute Gasteiger partial charge is 0.294 e. The van der Waals surface area contributed by atoms with E-state index in [9.17, 15) is 18.8 Å². The fourth-order valence-corrected chi connectivity index (χ4v) is 3.51. The van der Waals surface area contributed by atoms with Crippen LogP contribution in [-0.4, -0.2) is 28.5 Å². The van der Waals surface area contributed by atoms with E-state index in [1.54, 1.807) is 6.08 Å². The second-order valence-electron chi connectivity index (χ2n) is 4.88. The lowest BCUT2D eigenvalue weighted by Crippen LogP contribution is -2.36. The average Bonchev–Trinajstić information content (AvgIpc) is 3.12. The van der Waals surface area contributed by atoms with Gasteiger partial charge in [-0.15, -0.1) is 0 Å². The Hall–Kier alpha value is -2.45. The molecule has 3 amide bonds. The molecule has 1 aromatic carbocycles. The zero-order valence-corrected chi connectivity index (χ0v) is 13.8. The van der Waals surface area contributed by atoms with Gasteiger partial charge in [-0.25, -0.2) is 4.39 Å². The number of thioether (sulfide) groups is 1. The van der Waals surface area contributed by atoms with Crippen LogP contribution in [0.15, 0.2) is 46.0 Å². The molecule has 1 fully saturated rings. The first kappa shape index (κ1) is 16.4. The minimum absolute atomic E-state index is 0.265. The number of nitrogens with zero attached hydrogens (tertiary/aromatic N) is 1. The van der Waals surface area contributed by atoms with Crippen molar-refractivity contribution in [3.05, 3.63) is 57.4 Å². The number of anilines is 1. The van der Waals surface area contributed by atoms with Crippen LogP contribution < -0.4 is 5.32 Å². The summed E-state index contributed by atoms with van der Waals surface area (Å²) in [6.45, 7) is -0.415. The minimum Gasteiger partial charge on any atom is -0.324 e. The van der Waals surface area contributed by atoms with Crippen LogP contribution in [0.3, 0.4) is 0 Å². The van der Waals surface area contributed by atoms with Gasteiger partial charge in [-0.3, -0.25) is 19.3 Å². The molecule has 0 radical (unpaired) electrons. The maximum absolute atomic E-state index is 13.1. The normalized spacial score (nSPS) is 16.0. The first-order valence-electron chi connectivity index (χ1n) is 6.86. The Morgan fingerprint density at radius 2 is 2.12 bits per heavy atom. The van der Waals surface area contributed by atoms with Crippen molar-refractivity contribution in [2.45, 2.75) is 0 Å². The molecule has 2 aromatic rings. The number of imide groups is 1. The van der Waals surface area contributed by atoms with Crippen LogP contribution in [0.1, 0.15) is 5.56 Å². The largest absolute Gasteiger partial charge is 0.324 e. The number of carbonyl (C=O) groups excluding carboxylic acids is 3. The minimum atomic E-state index is -0.570. The summed E-state index contributed by atoms with van der Waals surface area (Å²) in [6.07, 6.45) is 1.62. The summed E-state index contributed by atoms with van der Waals surface area (Å²) in [5.74, 6) is -1.57. The first-order valence-corrected chi connectivity index (χ1v) is 8.62. The molecule has 1 saturated heterocycles. The Kier molecular flexibility index (Phi) is 4.77. The number of benzene rings is 1. The van der Waals surface area contributed by atoms with Gasteiger partial charge in [0.25, 0.3) is 11.1 Å². The molecule has 2 heterocycles. The molecule has 1 N–H and O–H groups in total. The molecule has 0 spiro atoms. The molecule has 1 aliphatic rings. The standard InChI is InChI=1S/C16H11FN2O3S2/c17-11-2-1-3-12(7-11)18-14(20)8-19-15(21)13(24-16(19)22)6-10-4-5-23-9-10/h1-7,9H,8H2,(H,18,20)/b13-6+. The number of halogens is 1. The zero-order valence-electron chi connectivity index (χ0n) is 12.2. The number of carbonyl (C=O) groups is 3. The topological polar surface area (TPSA) is 66.5 Å². The van der Waals surface area contributed by atoms with E-state index in [1.165, 1.54) is 29.5 Å². The summed E-state index contributed by atoms with van der Waals surface area (Å²) in [5.41, 5.74) is 1.09. The molecule has 1 aliphatic heterocycles. The summed E-state index contributed by atoms with van der Waals surface area (Å²) >= 11 is 2.27. The molecule has 122 valence electrons. The third kappa shape index (κ3) is 3.72. The van der Waals surface area contributed by atoms with E-state index >= 15 is 0 Å². The third-order valence-electron chi connectivity index (χ3n) is 3.12. The quantitative estimate of drug-likeness (QED) is 0.845. The van der Waals surface area contributed by atoms with Gasteiger partial charge in [0, 0.05) is 5.69 Å². The third-order valence-corrected chi connectivity index (χ3v) is 4.73. The van der Waals surface area contributed by atoms with E-state index in [0.29, 0.717) is 0 Å². The van der Waals surface area contributed by atoms with Gasteiger partial charge in [-0.1, -0.05) is 6.07 Å². The molecular formula is C16H11FN2O3S2. The Labute approximate surface area is 145 Å². The van der Waals surface area contributed by atoms with E-state index in [0.717, 1.165) is 28.3 Å². The van der Waals surface area contributed by atoms with Crippen molar-refractivity contribution in [2.24, 2.45) is 0 Å². The maximum atomic E-state index is 13.1. The van der Waals surface area contributed by atoms with Crippen LogP contribution in [-0.2, 0) is 9.59 Å². The summed E-state index contributed by atoms with van der Waals surface area (Å²) in [4.78, 5) is 37.4. The van der Waals surface area contributed by atoms with Crippen molar-refractivity contribution in [2.75, 3.05) is 11.9 Å². The predicted molar refractivity (Wildman–Crippen MR) is 92.0 cm³/mol. The van der Waals surface area contributed by atoms with Gasteiger partial charge in [0.1, 0.15) is 12.4 Å². The second kappa shape index (κ2) is 6.98. The molecule has 0 atom stereocenters. The molecule has 1 aromatic heterocycles. The lowest BCUT2D eigenvalue weighted by atomic mass is 10.3. The van der Waals surface area contributed by atoms with Crippen LogP contribution in [0.4, 0.5) is 14.9 Å². The lowest BCUT2D eigenvalue weighted by Gasteiger charge is -2.12. The van der Waals surface area contributed by atoms with E-state index in [4.69, 9.17) is 0 Å². The lowest BCUT2D eigenvalue weighted by molar-refractivity contribution is -0.127. The number of hydrogen-bond acceptors (Lipinski definition) is 5. The highest BCUT2D eigenvalue weighted by Gasteiger charge is 2.36. The van der Waals surface area contributed by atoms with Gasteiger partial charge in [-0.2, -0.15) is 11.3 Å². The van der Waals surface area contributed by atoms with E-state index in [1.807, 2.05) is 16.8 Å². The highest BCUT2D eigenvalue weighted by atomic mass is 32.2. The van der Waals surface area contributed by atoms with Gasteiger partial charge in [0.05, 0.1) is 4.91 Å². The molecule has 0 bridgehead atoms. The van der Waals surface area contributed by atoms with Gasteiger partial charge < -0.3 is 5.32 Å². The predicted octanol–water partition coefficient (Wildman–Crippen LogP) is 3.56. The van der Waals surface area contributed by atoms with Crippen molar-refractivity contribution >= 4 is 51.9 Å². The maximum Gasteiger partial charge on any atom is 0.294 e. The number of thiophene rings is 1. The molecule has 0 unspecified atom stereocenters. The number of nitrogens with one attached hydrogen (secondary N) is 1. The number of rotatable bonds is 4. The molecule has 8 heteroatoms. The summed E-state index contributed by atoms with van der Waals surface area (Å²) in [5, 5.41) is 5.67. The SMILES string of the molecule is O=C(CN1C(=O)S/C(=C/c2ccsc2)C1=O)Nc1cccc(F)c1. The summed E-state index contributed by atoms with van der Waals surface area (Å²) in [6, 6.07) is 7.21. The highest BCUT2D eigenvalue weighted by Crippen LogP contribution is 2.32. The van der Waals surface area contributed by atoms with E-state index in [-0.39, 0.29) is 10.6 Å². The Balaban J connectivity index is 1.67. The van der Waals surface area contributed by atoms with Crippen LogP contribution in [0.5, 0.6) is 0 Å². The number of hydrogen-bond donors (Lipinski definition) is 1. The monoisotopic (exact) mass is 362 g/mol. The average molecular weight is 362 g/mol. The Bertz CT molecular complexity index is 834. The number of amides is 3. The Morgan fingerprint density at radius 3 is 2.83 bits per heavy atom. The summed E-state index contributed by atoms with van der Waals surface area (Å²) in [7, 11) is 0. The van der Waals surface area contributed by atoms with Crippen LogP contribution in [0.25, 0.3) is 6.08 Å². The highest BCUT2D eigenvalue weighted by molar-refractivity contribution is 8.18. The van der Waals surface area contributed by atoms with Crippen LogP contribution in [0, 0.1) is 5.82 Å². The van der Waals surface area contributed by atoms with Crippen molar-refractivity contribution < 1.29 is 18.8 Å². The fourth-order valence-electron chi connectivity index (χ4n) is 2.06. The summed E-state index contributed by atoms with van der Waals surface area (Å²) < 4.78 is 13.1. The van der Waals surface area contributed by atoms with Gasteiger partial charge in [0.2, 0.25) is 5.91 Å². The van der Waals surface area contributed by atoms with Gasteiger partial charge in [0.15, 0.2) is 0 Å². The molecule has 3 rings (SSSR count). The first-order chi connectivity index (χ1) is 11.5. The van der Waals surface area contributed by atoms with Gasteiger partial charge in [-0.05, 0) is 58.4 Å². The van der Waals surface area contributed by atoms with Crippen molar-refractivity contribution in [1.82, 2.24) is 4.90 Å². The molecule has 24 heavy (non-hydrogen) atoms. The molecule has 0 saturated carbocycles. The zero-order chi connectivity index (χ0) is 17.1. The van der Waals surface area contributed by atoms with Crippen LogP contribution in [0.2, 0.25) is 0 Å². The molecule has 0 aliphatic carbocycles. The van der Waals surface area contributed by atoms with Crippen LogP contribution >= 0.6 is 23.1 Å². The van der Waals surface area contributed by atoms with Crippen molar-refractivity contribution in [3.8, 4) is 0 Å². The molecular weight excluding hydrogens is 351 g/mol. The second-order valence-corrected chi connectivity index (χ2v) is 6.66. The fraction of sp³-hybridized carbons (Fsp3) is 0.0625. The van der Waals surface area contributed by atoms with Crippen molar-refractivity contribution in [3.63, 3.8) is 0 Å². The Morgan fingerprint density at radius 1 is 1.29 bits per heavy atom. The van der Waals surface area contributed by atoms with Crippen molar-refractivity contribution in [1.29, 1.82) is 0 Å². The van der Waals surface area contributed by atoms with E-state index in [2.05, 4.69) is 5.32 Å². The van der Waals surface area contributed by atoms with E-state index < -0.39 is 29.4 Å². The molecule has 5 nitrogen and oxygen atoms in total. The van der Waals surface area contributed by atoms with Gasteiger partial charge >= 0.3 is 0 Å².